The molecule has 3 heteroatoms. The first-order valence-electron chi connectivity index (χ1n) is 5.86. The third-order valence-corrected chi connectivity index (χ3v) is 4.30. The maximum Gasteiger partial charge on any atom is 0.0446 e. The quantitative estimate of drug-likeness (QED) is 0.839. The fraction of sp³-hybridized carbons (Fsp3) is 0.200. The molecule has 0 unspecified atom stereocenters. The zero-order chi connectivity index (χ0) is 13.0. The van der Waals surface area contributed by atoms with Crippen molar-refractivity contribution in [3.05, 3.63) is 64.2 Å². The lowest BCUT2D eigenvalue weighted by Gasteiger charge is -2.09. The minimum Gasteiger partial charge on any atom is -0.326 e. The van der Waals surface area contributed by atoms with Crippen LogP contribution in [-0.2, 0) is 12.3 Å². The molecule has 0 radical (unpaired) electrons. The first-order valence-corrected chi connectivity index (χ1v) is 7.23. The molecule has 0 amide bonds. The highest BCUT2D eigenvalue weighted by molar-refractivity contribution is 7.98. The smallest absolute Gasteiger partial charge is 0.0446 e. The van der Waals surface area contributed by atoms with Gasteiger partial charge in [-0.1, -0.05) is 41.9 Å². The first-order chi connectivity index (χ1) is 8.70. The van der Waals surface area contributed by atoms with Gasteiger partial charge in [0.1, 0.15) is 0 Å². The molecule has 0 bridgehead atoms. The molecule has 94 valence electrons. The molecule has 0 fully saturated rings. The van der Waals surface area contributed by atoms with E-state index in [-0.39, 0.29) is 0 Å². The summed E-state index contributed by atoms with van der Waals surface area (Å²) in [6.07, 6.45) is 0. The van der Waals surface area contributed by atoms with Crippen molar-refractivity contribution in [1.29, 1.82) is 0 Å². The Morgan fingerprint density at radius 2 is 1.89 bits per heavy atom. The fourth-order valence-corrected chi connectivity index (χ4v) is 3.19. The molecule has 0 heterocycles. The van der Waals surface area contributed by atoms with Gasteiger partial charge in [-0.25, -0.2) is 0 Å². The highest BCUT2D eigenvalue weighted by atomic mass is 35.5. The van der Waals surface area contributed by atoms with Gasteiger partial charge in [0.15, 0.2) is 0 Å². The van der Waals surface area contributed by atoms with Crippen molar-refractivity contribution < 1.29 is 0 Å². The lowest BCUT2D eigenvalue weighted by molar-refractivity contribution is 1.02. The molecule has 1 nitrogen and oxygen atoms in total. The van der Waals surface area contributed by atoms with Gasteiger partial charge in [-0.15, -0.1) is 11.8 Å². The normalized spacial score (nSPS) is 10.6. The second kappa shape index (κ2) is 6.28. The van der Waals surface area contributed by atoms with Crippen LogP contribution < -0.4 is 5.73 Å². The second-order valence-electron chi connectivity index (χ2n) is 4.20. The zero-order valence-corrected chi connectivity index (χ0v) is 11.9. The van der Waals surface area contributed by atoms with Crippen molar-refractivity contribution in [2.75, 3.05) is 0 Å². The lowest BCUT2D eigenvalue weighted by atomic mass is 10.1. The van der Waals surface area contributed by atoms with Crippen LogP contribution in [0.2, 0.25) is 5.02 Å². The molecule has 2 N–H and O–H groups in total. The number of rotatable bonds is 4. The molecular formula is C15H16ClNS. The summed E-state index contributed by atoms with van der Waals surface area (Å²) in [5, 5.41) is 0.826. The van der Waals surface area contributed by atoms with E-state index in [9.17, 15) is 0 Å². The van der Waals surface area contributed by atoms with Crippen molar-refractivity contribution in [2.45, 2.75) is 24.1 Å². The van der Waals surface area contributed by atoms with Crippen molar-refractivity contribution >= 4 is 23.4 Å². The van der Waals surface area contributed by atoms with Crippen LogP contribution in [0.3, 0.4) is 0 Å². The van der Waals surface area contributed by atoms with Crippen molar-refractivity contribution in [2.24, 2.45) is 5.73 Å². The predicted molar refractivity (Wildman–Crippen MR) is 80.1 cm³/mol. The van der Waals surface area contributed by atoms with E-state index in [1.165, 1.54) is 16.0 Å². The highest BCUT2D eigenvalue weighted by Crippen LogP contribution is 2.29. The molecule has 0 saturated heterocycles. The average Bonchev–Trinajstić information content (AvgIpc) is 2.38. The van der Waals surface area contributed by atoms with E-state index < -0.39 is 0 Å². The van der Waals surface area contributed by atoms with Crippen LogP contribution in [0.5, 0.6) is 0 Å². The number of aryl methyl sites for hydroxylation is 1. The summed E-state index contributed by atoms with van der Waals surface area (Å²) in [5.74, 6) is 0.871. The van der Waals surface area contributed by atoms with E-state index in [1.807, 2.05) is 18.2 Å². The van der Waals surface area contributed by atoms with Crippen molar-refractivity contribution in [3.63, 3.8) is 0 Å². The molecule has 18 heavy (non-hydrogen) atoms. The average molecular weight is 278 g/mol. The summed E-state index contributed by atoms with van der Waals surface area (Å²) in [7, 11) is 0. The number of hydrogen-bond acceptors (Lipinski definition) is 2. The molecule has 2 aromatic carbocycles. The van der Waals surface area contributed by atoms with Crippen molar-refractivity contribution in [3.8, 4) is 0 Å². The van der Waals surface area contributed by atoms with Gasteiger partial charge < -0.3 is 5.73 Å². The van der Waals surface area contributed by atoms with Crippen LogP contribution in [0.4, 0.5) is 0 Å². The largest absolute Gasteiger partial charge is 0.326 e. The fourth-order valence-electron chi connectivity index (χ4n) is 1.74. The van der Waals surface area contributed by atoms with Gasteiger partial charge in [-0.05, 0) is 35.7 Å². The van der Waals surface area contributed by atoms with Gasteiger partial charge in [-0.3, -0.25) is 0 Å². The van der Waals surface area contributed by atoms with E-state index in [4.69, 9.17) is 17.3 Å². The number of benzene rings is 2. The van der Waals surface area contributed by atoms with Crippen LogP contribution in [0.1, 0.15) is 16.7 Å². The summed E-state index contributed by atoms with van der Waals surface area (Å²) in [6, 6.07) is 14.3. The summed E-state index contributed by atoms with van der Waals surface area (Å²) in [6.45, 7) is 2.67. The van der Waals surface area contributed by atoms with Crippen LogP contribution in [0.15, 0.2) is 47.4 Å². The third-order valence-electron chi connectivity index (χ3n) is 2.78. The summed E-state index contributed by atoms with van der Waals surface area (Å²) in [5.41, 5.74) is 9.37. The summed E-state index contributed by atoms with van der Waals surface area (Å²) >= 11 is 7.95. The highest BCUT2D eigenvalue weighted by Gasteiger charge is 2.04. The Bertz CT molecular complexity index is 540. The predicted octanol–water partition coefficient (Wildman–Crippen LogP) is 4.40. The molecule has 0 aliphatic rings. The Morgan fingerprint density at radius 3 is 2.61 bits per heavy atom. The van der Waals surface area contributed by atoms with Gasteiger partial charge >= 0.3 is 0 Å². The van der Waals surface area contributed by atoms with Gasteiger partial charge in [0.05, 0.1) is 0 Å². The van der Waals surface area contributed by atoms with E-state index in [2.05, 4.69) is 31.2 Å². The van der Waals surface area contributed by atoms with Crippen molar-refractivity contribution in [1.82, 2.24) is 0 Å². The standard InChI is InChI=1S/C15H16ClNS/c1-11-6-7-12(9-17)15(8-11)18-10-13-4-2-3-5-14(13)16/h2-8H,9-10,17H2,1H3. The Hall–Kier alpha value is -0.960. The monoisotopic (exact) mass is 277 g/mol. The van der Waals surface area contributed by atoms with E-state index in [1.54, 1.807) is 11.8 Å². The van der Waals surface area contributed by atoms with Crippen LogP contribution >= 0.6 is 23.4 Å². The maximum atomic E-state index is 6.16. The van der Waals surface area contributed by atoms with Gasteiger partial charge in [0, 0.05) is 22.2 Å². The molecule has 0 spiro atoms. The maximum absolute atomic E-state index is 6.16. The van der Waals surface area contributed by atoms with E-state index in [0.717, 1.165) is 16.3 Å². The Kier molecular flexibility index (Phi) is 4.70. The SMILES string of the molecule is Cc1ccc(CN)c(SCc2ccccc2Cl)c1. The van der Waals surface area contributed by atoms with Crippen LogP contribution in [0.25, 0.3) is 0 Å². The van der Waals surface area contributed by atoms with Gasteiger partial charge in [0.25, 0.3) is 0 Å². The van der Waals surface area contributed by atoms with Gasteiger partial charge in [0.2, 0.25) is 0 Å². The number of nitrogens with two attached hydrogens (primary N) is 1. The number of halogens is 1. The molecule has 0 aromatic heterocycles. The zero-order valence-electron chi connectivity index (χ0n) is 10.3. The van der Waals surface area contributed by atoms with Gasteiger partial charge in [-0.2, -0.15) is 0 Å². The minimum absolute atomic E-state index is 0.575. The molecule has 2 rings (SSSR count). The molecular weight excluding hydrogens is 262 g/mol. The molecule has 0 aliphatic carbocycles. The topological polar surface area (TPSA) is 26.0 Å². The molecule has 0 atom stereocenters. The number of hydrogen-bond donors (Lipinski definition) is 1. The molecule has 2 aromatic rings. The van der Waals surface area contributed by atoms with Crippen LogP contribution in [0, 0.1) is 6.92 Å². The van der Waals surface area contributed by atoms with E-state index in [0.29, 0.717) is 6.54 Å². The Labute approximate surface area is 117 Å². The molecule has 0 aliphatic heterocycles. The molecule has 0 saturated carbocycles. The Morgan fingerprint density at radius 1 is 1.11 bits per heavy atom. The second-order valence-corrected chi connectivity index (χ2v) is 5.62. The summed E-state index contributed by atoms with van der Waals surface area (Å²) < 4.78 is 0. The van der Waals surface area contributed by atoms with Crippen LogP contribution in [-0.4, -0.2) is 0 Å². The summed E-state index contributed by atoms with van der Waals surface area (Å²) in [4.78, 5) is 1.25. The third kappa shape index (κ3) is 3.29. The number of thioether (sulfide) groups is 1. The first kappa shape index (κ1) is 13.5. The van der Waals surface area contributed by atoms with E-state index >= 15 is 0 Å². The minimum atomic E-state index is 0.575. The lowest BCUT2D eigenvalue weighted by Crippen LogP contribution is -1.98. The Balaban J connectivity index is 2.15.